The molecule has 0 heterocycles. The summed E-state index contributed by atoms with van der Waals surface area (Å²) in [5.74, 6) is 0.673. The molecule has 0 saturated heterocycles. The third kappa shape index (κ3) is 3.12. The molecule has 1 rings (SSSR count). The van der Waals surface area contributed by atoms with E-state index in [1.807, 2.05) is 0 Å². The molecule has 0 aliphatic rings. The normalized spacial score (nSPS) is 13.4. The second kappa shape index (κ2) is 5.55. The van der Waals surface area contributed by atoms with E-state index >= 15 is 0 Å². The van der Waals surface area contributed by atoms with Crippen molar-refractivity contribution in [2.75, 3.05) is 18.7 Å². The minimum Gasteiger partial charge on any atom is -0.495 e. The van der Waals surface area contributed by atoms with Crippen LogP contribution in [-0.2, 0) is 9.84 Å². The Balaban J connectivity index is 3.07. The molecule has 5 heteroatoms. The Hall–Kier alpha value is -0.740. The third-order valence-electron chi connectivity index (χ3n) is 2.17. The van der Waals surface area contributed by atoms with Gasteiger partial charge in [0, 0.05) is 5.88 Å². The maximum atomic E-state index is 12.0. The third-order valence-corrected chi connectivity index (χ3v) is 4.71. The van der Waals surface area contributed by atoms with Gasteiger partial charge in [-0.05, 0) is 18.1 Å². The first kappa shape index (κ1) is 13.3. The molecule has 0 aromatic heterocycles. The number of hydrogen-bond acceptors (Lipinski definition) is 3. The van der Waals surface area contributed by atoms with E-state index in [0.717, 1.165) is 0 Å². The Morgan fingerprint density at radius 3 is 2.56 bits per heavy atom. The summed E-state index contributed by atoms with van der Waals surface area (Å²) in [5, 5.41) is 0. The molecule has 1 unspecified atom stereocenters. The lowest BCUT2D eigenvalue weighted by Gasteiger charge is -2.11. The van der Waals surface area contributed by atoms with Gasteiger partial charge in [-0.25, -0.2) is 8.42 Å². The monoisotopic (exact) mass is 262 g/mol. The average molecular weight is 263 g/mol. The van der Waals surface area contributed by atoms with Gasteiger partial charge in [0.15, 0.2) is 9.84 Å². The molecule has 0 fully saturated rings. The standard InChI is InChI=1S/C11H15ClO3S/c1-9(7-12)8-16(13,14)11-6-4-3-5-10(11)15-2/h3-6,9H,7-8H2,1-2H3. The van der Waals surface area contributed by atoms with Crippen molar-refractivity contribution in [3.8, 4) is 5.75 Å². The van der Waals surface area contributed by atoms with Gasteiger partial charge >= 0.3 is 0 Å². The first-order valence-corrected chi connectivity index (χ1v) is 7.11. The quantitative estimate of drug-likeness (QED) is 0.765. The van der Waals surface area contributed by atoms with Gasteiger partial charge in [-0.1, -0.05) is 19.1 Å². The van der Waals surface area contributed by atoms with E-state index in [4.69, 9.17) is 16.3 Å². The van der Waals surface area contributed by atoms with Crippen LogP contribution in [0.3, 0.4) is 0 Å². The molecule has 0 aliphatic carbocycles. The summed E-state index contributed by atoms with van der Waals surface area (Å²) in [6, 6.07) is 6.61. The second-order valence-electron chi connectivity index (χ2n) is 3.69. The van der Waals surface area contributed by atoms with Crippen molar-refractivity contribution >= 4 is 21.4 Å². The minimum absolute atomic E-state index is 0.0386. The topological polar surface area (TPSA) is 43.4 Å². The molecule has 0 spiro atoms. The Morgan fingerprint density at radius 2 is 2.00 bits per heavy atom. The number of benzene rings is 1. The molecule has 0 bridgehead atoms. The lowest BCUT2D eigenvalue weighted by Crippen LogP contribution is -2.15. The van der Waals surface area contributed by atoms with Gasteiger partial charge in [0.1, 0.15) is 10.6 Å². The van der Waals surface area contributed by atoms with Crippen LogP contribution >= 0.6 is 11.6 Å². The summed E-state index contributed by atoms with van der Waals surface area (Å²) in [6.45, 7) is 1.81. The van der Waals surface area contributed by atoms with Gasteiger partial charge in [-0.3, -0.25) is 0 Å². The first-order chi connectivity index (χ1) is 7.51. The van der Waals surface area contributed by atoms with Crippen molar-refractivity contribution in [2.45, 2.75) is 11.8 Å². The fourth-order valence-corrected chi connectivity index (χ4v) is 3.41. The zero-order chi connectivity index (χ0) is 12.2. The molecule has 1 aromatic rings. The summed E-state index contributed by atoms with van der Waals surface area (Å²) in [6.07, 6.45) is 0. The zero-order valence-corrected chi connectivity index (χ0v) is 10.9. The molecule has 0 radical (unpaired) electrons. The maximum absolute atomic E-state index is 12.0. The van der Waals surface area contributed by atoms with Crippen molar-refractivity contribution in [3.63, 3.8) is 0 Å². The van der Waals surface area contributed by atoms with Crippen LogP contribution in [0.25, 0.3) is 0 Å². The number of para-hydroxylation sites is 1. The molecule has 1 atom stereocenters. The molecule has 16 heavy (non-hydrogen) atoms. The summed E-state index contributed by atoms with van der Waals surface area (Å²) in [7, 11) is -1.87. The number of ether oxygens (including phenoxy) is 1. The van der Waals surface area contributed by atoms with Gasteiger partial charge in [0.2, 0.25) is 0 Å². The minimum atomic E-state index is -3.32. The first-order valence-electron chi connectivity index (χ1n) is 4.93. The highest BCUT2D eigenvalue weighted by molar-refractivity contribution is 7.91. The van der Waals surface area contributed by atoms with E-state index in [-0.39, 0.29) is 16.6 Å². The molecule has 0 N–H and O–H groups in total. The number of hydrogen-bond donors (Lipinski definition) is 0. The van der Waals surface area contributed by atoms with Gasteiger partial charge in [-0.2, -0.15) is 0 Å². The highest BCUT2D eigenvalue weighted by Gasteiger charge is 2.21. The lowest BCUT2D eigenvalue weighted by molar-refractivity contribution is 0.402. The van der Waals surface area contributed by atoms with Crippen LogP contribution in [0, 0.1) is 5.92 Å². The molecule has 3 nitrogen and oxygen atoms in total. The van der Waals surface area contributed by atoms with Crippen molar-refractivity contribution in [2.24, 2.45) is 5.92 Å². The van der Waals surface area contributed by atoms with Crippen LogP contribution in [0.5, 0.6) is 5.75 Å². The Labute approximate surface area is 101 Å². The largest absolute Gasteiger partial charge is 0.495 e. The van der Waals surface area contributed by atoms with E-state index in [0.29, 0.717) is 11.6 Å². The average Bonchev–Trinajstić information content (AvgIpc) is 2.28. The van der Waals surface area contributed by atoms with E-state index < -0.39 is 9.84 Å². The Morgan fingerprint density at radius 1 is 1.38 bits per heavy atom. The van der Waals surface area contributed by atoms with Crippen LogP contribution in [0.15, 0.2) is 29.2 Å². The van der Waals surface area contributed by atoms with Crippen LogP contribution < -0.4 is 4.74 Å². The number of alkyl halides is 1. The molecular weight excluding hydrogens is 248 g/mol. The zero-order valence-electron chi connectivity index (χ0n) is 9.31. The summed E-state index contributed by atoms with van der Waals surface area (Å²) < 4.78 is 29.1. The summed E-state index contributed by atoms with van der Waals surface area (Å²) in [5.41, 5.74) is 0. The smallest absolute Gasteiger partial charge is 0.182 e. The molecule has 0 aliphatic heterocycles. The van der Waals surface area contributed by atoms with Gasteiger partial charge in [-0.15, -0.1) is 11.6 Å². The van der Waals surface area contributed by atoms with Crippen LogP contribution in [0.1, 0.15) is 6.92 Å². The fraction of sp³-hybridized carbons (Fsp3) is 0.455. The highest BCUT2D eigenvalue weighted by Crippen LogP contribution is 2.25. The fourth-order valence-electron chi connectivity index (χ4n) is 1.38. The number of methoxy groups -OCH3 is 1. The van der Waals surface area contributed by atoms with Crippen molar-refractivity contribution in [3.05, 3.63) is 24.3 Å². The maximum Gasteiger partial charge on any atom is 0.182 e. The molecule has 0 saturated carbocycles. The molecule has 0 amide bonds. The summed E-state index contributed by atoms with van der Waals surface area (Å²) in [4.78, 5) is 0.231. The van der Waals surface area contributed by atoms with Crippen molar-refractivity contribution < 1.29 is 13.2 Å². The number of halogens is 1. The van der Waals surface area contributed by atoms with E-state index in [9.17, 15) is 8.42 Å². The second-order valence-corrected chi connectivity index (χ2v) is 6.00. The Kier molecular flexibility index (Phi) is 4.62. The van der Waals surface area contributed by atoms with E-state index in [1.165, 1.54) is 7.11 Å². The SMILES string of the molecule is COc1ccccc1S(=O)(=O)CC(C)CCl. The van der Waals surface area contributed by atoms with Gasteiger partial charge < -0.3 is 4.74 Å². The van der Waals surface area contributed by atoms with E-state index in [1.54, 1.807) is 31.2 Å². The molecule has 90 valence electrons. The van der Waals surface area contributed by atoms with Crippen molar-refractivity contribution in [1.29, 1.82) is 0 Å². The molecular formula is C11H15ClO3S. The summed E-state index contributed by atoms with van der Waals surface area (Å²) >= 11 is 5.62. The number of rotatable bonds is 5. The molecule has 1 aromatic carbocycles. The lowest BCUT2D eigenvalue weighted by atomic mass is 10.3. The van der Waals surface area contributed by atoms with Crippen LogP contribution in [-0.4, -0.2) is 27.2 Å². The highest BCUT2D eigenvalue weighted by atomic mass is 35.5. The van der Waals surface area contributed by atoms with E-state index in [2.05, 4.69) is 0 Å². The number of sulfone groups is 1. The predicted molar refractivity (Wildman–Crippen MR) is 64.9 cm³/mol. The predicted octanol–water partition coefficient (Wildman–Crippen LogP) is 2.34. The van der Waals surface area contributed by atoms with Gasteiger partial charge in [0.05, 0.1) is 12.9 Å². The van der Waals surface area contributed by atoms with Crippen LogP contribution in [0.4, 0.5) is 0 Å². The van der Waals surface area contributed by atoms with Crippen LogP contribution in [0.2, 0.25) is 0 Å². The van der Waals surface area contributed by atoms with Crippen molar-refractivity contribution in [1.82, 2.24) is 0 Å². The van der Waals surface area contributed by atoms with Gasteiger partial charge in [0.25, 0.3) is 0 Å². The Bertz CT molecular complexity index is 442.